The van der Waals surface area contributed by atoms with Gasteiger partial charge in [-0.15, -0.1) is 0 Å². The zero-order chi connectivity index (χ0) is 16.4. The molecular formula is C15H18N2O5S. The molecule has 1 aromatic rings. The van der Waals surface area contributed by atoms with Crippen molar-refractivity contribution in [2.24, 2.45) is 0 Å². The number of rotatable bonds is 5. The third-order valence-corrected chi connectivity index (χ3v) is 5.82. The van der Waals surface area contributed by atoms with Crippen LogP contribution in [0.5, 0.6) is 0 Å². The molecule has 1 amide bonds. The summed E-state index contributed by atoms with van der Waals surface area (Å²) in [5.41, 5.74) is 0.328. The highest BCUT2D eigenvalue weighted by Crippen LogP contribution is 2.32. The number of sulfone groups is 1. The Morgan fingerprint density at radius 3 is 2.43 bits per heavy atom. The lowest BCUT2D eigenvalue weighted by Gasteiger charge is -2.28. The maximum Gasteiger partial charge on any atom is 0.338 e. The number of pyridine rings is 1. The molecule has 0 N–H and O–H groups in total. The largest absolute Gasteiger partial charge is 0.452 e. The Balaban J connectivity index is 1.60. The number of esters is 1. The first-order chi connectivity index (χ1) is 11.0. The molecule has 1 aliphatic heterocycles. The van der Waals surface area contributed by atoms with E-state index in [4.69, 9.17) is 4.74 Å². The fraction of sp³-hybridized carbons (Fsp3) is 0.533. The van der Waals surface area contributed by atoms with E-state index in [0.29, 0.717) is 12.0 Å². The number of amides is 1. The van der Waals surface area contributed by atoms with Crippen molar-refractivity contribution in [1.82, 2.24) is 9.88 Å². The molecule has 2 fully saturated rings. The molecule has 23 heavy (non-hydrogen) atoms. The number of ether oxygens (including phenoxy) is 1. The van der Waals surface area contributed by atoms with Crippen molar-refractivity contribution < 1.29 is 22.7 Å². The molecule has 0 unspecified atom stereocenters. The summed E-state index contributed by atoms with van der Waals surface area (Å²) in [7, 11) is -3.06. The molecule has 0 spiro atoms. The summed E-state index contributed by atoms with van der Waals surface area (Å²) in [4.78, 5) is 29.7. The predicted octanol–water partition coefficient (Wildman–Crippen LogP) is 0.416. The van der Waals surface area contributed by atoms with Crippen molar-refractivity contribution >= 4 is 21.7 Å². The van der Waals surface area contributed by atoms with E-state index in [0.717, 1.165) is 12.8 Å². The third kappa shape index (κ3) is 3.87. The van der Waals surface area contributed by atoms with Gasteiger partial charge in [0.25, 0.3) is 5.91 Å². The van der Waals surface area contributed by atoms with Gasteiger partial charge in [-0.25, -0.2) is 13.2 Å². The molecule has 2 aliphatic rings. The molecule has 3 rings (SSSR count). The Hall–Kier alpha value is -1.96. The summed E-state index contributed by atoms with van der Waals surface area (Å²) in [6.45, 7) is -0.367. The van der Waals surface area contributed by atoms with Crippen LogP contribution in [0.25, 0.3) is 0 Å². The molecule has 1 atom stereocenters. The van der Waals surface area contributed by atoms with Gasteiger partial charge in [0.15, 0.2) is 16.4 Å². The normalized spacial score (nSPS) is 22.5. The SMILES string of the molecule is O=C(OCC(=O)N(C1CC1)[C@@H]1CCS(=O)(=O)C1)c1ccncc1. The summed E-state index contributed by atoms with van der Waals surface area (Å²) in [5.74, 6) is -0.786. The topological polar surface area (TPSA) is 93.6 Å². The van der Waals surface area contributed by atoms with Gasteiger partial charge in [-0.1, -0.05) is 0 Å². The van der Waals surface area contributed by atoms with E-state index in [-0.39, 0.29) is 36.1 Å². The summed E-state index contributed by atoms with van der Waals surface area (Å²) in [6, 6.07) is 2.81. The molecule has 1 aromatic heterocycles. The molecule has 0 bridgehead atoms. The van der Waals surface area contributed by atoms with Crippen LogP contribution in [-0.4, -0.2) is 60.4 Å². The lowest BCUT2D eigenvalue weighted by Crippen LogP contribution is -2.44. The zero-order valence-corrected chi connectivity index (χ0v) is 13.4. The number of carbonyl (C=O) groups is 2. The van der Waals surface area contributed by atoms with Crippen LogP contribution >= 0.6 is 0 Å². The van der Waals surface area contributed by atoms with Crippen molar-refractivity contribution in [1.29, 1.82) is 0 Å². The Bertz CT molecular complexity index is 700. The van der Waals surface area contributed by atoms with Gasteiger partial charge in [0.1, 0.15) is 0 Å². The summed E-state index contributed by atoms with van der Waals surface area (Å²) >= 11 is 0. The second-order valence-electron chi connectivity index (χ2n) is 5.90. The van der Waals surface area contributed by atoms with E-state index in [1.807, 2.05) is 0 Å². The van der Waals surface area contributed by atoms with E-state index < -0.39 is 15.8 Å². The Labute approximate surface area is 134 Å². The van der Waals surface area contributed by atoms with Crippen LogP contribution in [0.15, 0.2) is 24.5 Å². The Morgan fingerprint density at radius 1 is 1.17 bits per heavy atom. The van der Waals surface area contributed by atoms with Crippen molar-refractivity contribution in [2.75, 3.05) is 18.1 Å². The van der Waals surface area contributed by atoms with Crippen LogP contribution in [0.2, 0.25) is 0 Å². The molecule has 0 aromatic carbocycles. The van der Waals surface area contributed by atoms with Gasteiger partial charge in [-0.3, -0.25) is 9.78 Å². The minimum Gasteiger partial charge on any atom is -0.452 e. The first-order valence-electron chi connectivity index (χ1n) is 7.55. The monoisotopic (exact) mass is 338 g/mol. The summed E-state index contributed by atoms with van der Waals surface area (Å²) < 4.78 is 28.3. The van der Waals surface area contributed by atoms with Crippen molar-refractivity contribution in [3.63, 3.8) is 0 Å². The minimum atomic E-state index is -3.06. The molecular weight excluding hydrogens is 320 g/mol. The summed E-state index contributed by atoms with van der Waals surface area (Å²) in [5, 5.41) is 0. The molecule has 7 nitrogen and oxygen atoms in total. The number of hydrogen-bond donors (Lipinski definition) is 0. The fourth-order valence-corrected chi connectivity index (χ4v) is 4.54. The lowest BCUT2D eigenvalue weighted by molar-refractivity contribution is -0.137. The van der Waals surface area contributed by atoms with E-state index in [1.54, 1.807) is 4.90 Å². The molecule has 124 valence electrons. The van der Waals surface area contributed by atoms with Crippen molar-refractivity contribution in [3.05, 3.63) is 30.1 Å². The second-order valence-corrected chi connectivity index (χ2v) is 8.13. The van der Waals surface area contributed by atoms with Crippen LogP contribution in [0.4, 0.5) is 0 Å². The minimum absolute atomic E-state index is 0.00748. The number of aromatic nitrogens is 1. The highest BCUT2D eigenvalue weighted by Gasteiger charge is 2.42. The van der Waals surface area contributed by atoms with Gasteiger partial charge in [-0.2, -0.15) is 0 Å². The lowest BCUT2D eigenvalue weighted by atomic mass is 10.2. The van der Waals surface area contributed by atoms with Gasteiger partial charge in [0.2, 0.25) is 0 Å². The first-order valence-corrected chi connectivity index (χ1v) is 9.37. The fourth-order valence-electron chi connectivity index (χ4n) is 2.83. The quantitative estimate of drug-likeness (QED) is 0.722. The number of nitrogens with zero attached hydrogens (tertiary/aromatic N) is 2. The third-order valence-electron chi connectivity index (χ3n) is 4.07. The van der Waals surface area contributed by atoms with Crippen molar-refractivity contribution in [2.45, 2.75) is 31.3 Å². The first kappa shape index (κ1) is 15.9. The maximum absolute atomic E-state index is 12.4. The molecule has 2 heterocycles. The maximum atomic E-state index is 12.4. The highest BCUT2D eigenvalue weighted by atomic mass is 32.2. The van der Waals surface area contributed by atoms with E-state index >= 15 is 0 Å². The average Bonchev–Trinajstić information content (AvgIpc) is 3.29. The predicted molar refractivity (Wildman–Crippen MR) is 81.4 cm³/mol. The molecule has 0 radical (unpaired) electrons. The smallest absolute Gasteiger partial charge is 0.338 e. The van der Waals surface area contributed by atoms with Gasteiger partial charge in [0, 0.05) is 24.5 Å². The number of carbonyl (C=O) groups excluding carboxylic acids is 2. The summed E-state index contributed by atoms with van der Waals surface area (Å²) in [6.07, 6.45) is 5.15. The van der Waals surface area contributed by atoms with E-state index in [9.17, 15) is 18.0 Å². The average molecular weight is 338 g/mol. The van der Waals surface area contributed by atoms with Crippen LogP contribution in [-0.2, 0) is 19.4 Å². The zero-order valence-electron chi connectivity index (χ0n) is 12.6. The Kier molecular flexibility index (Phi) is 4.34. The number of hydrogen-bond acceptors (Lipinski definition) is 6. The van der Waals surface area contributed by atoms with Crippen LogP contribution in [0.1, 0.15) is 29.6 Å². The van der Waals surface area contributed by atoms with Gasteiger partial charge < -0.3 is 9.64 Å². The van der Waals surface area contributed by atoms with Gasteiger partial charge in [-0.05, 0) is 31.4 Å². The van der Waals surface area contributed by atoms with Crippen LogP contribution in [0.3, 0.4) is 0 Å². The molecule has 8 heteroatoms. The second kappa shape index (κ2) is 6.27. The van der Waals surface area contributed by atoms with E-state index in [1.165, 1.54) is 24.5 Å². The highest BCUT2D eigenvalue weighted by molar-refractivity contribution is 7.91. The Morgan fingerprint density at radius 2 is 1.87 bits per heavy atom. The van der Waals surface area contributed by atoms with Gasteiger partial charge >= 0.3 is 5.97 Å². The van der Waals surface area contributed by atoms with E-state index in [2.05, 4.69) is 4.98 Å². The van der Waals surface area contributed by atoms with Gasteiger partial charge in [0.05, 0.1) is 17.1 Å². The molecule has 1 saturated heterocycles. The van der Waals surface area contributed by atoms with Crippen LogP contribution in [0, 0.1) is 0 Å². The van der Waals surface area contributed by atoms with Crippen LogP contribution < -0.4 is 0 Å². The standard InChI is InChI=1S/C15H18N2O5S/c18-14(9-22-15(19)11-3-6-16-7-4-11)17(12-1-2-12)13-5-8-23(20,21)10-13/h3-4,6-7,12-13H,1-2,5,8-10H2/t13-/m1/s1. The molecule has 1 saturated carbocycles. The van der Waals surface area contributed by atoms with Crippen molar-refractivity contribution in [3.8, 4) is 0 Å². The molecule has 1 aliphatic carbocycles.